The Hall–Kier alpha value is -1.65. The Morgan fingerprint density at radius 2 is 2.00 bits per heavy atom. The van der Waals surface area contributed by atoms with Crippen molar-refractivity contribution in [3.05, 3.63) is 48.3 Å². The highest BCUT2D eigenvalue weighted by molar-refractivity contribution is 5.30. The van der Waals surface area contributed by atoms with Gasteiger partial charge in [0, 0.05) is 31.0 Å². The maximum atomic E-state index is 9.08. The van der Waals surface area contributed by atoms with E-state index in [1.54, 1.807) is 0 Å². The Kier molecular flexibility index (Phi) is 5.32. The Labute approximate surface area is 120 Å². The molecule has 1 atom stereocenters. The van der Waals surface area contributed by atoms with Gasteiger partial charge in [-0.15, -0.1) is 0 Å². The van der Waals surface area contributed by atoms with E-state index >= 15 is 0 Å². The number of rotatable bonds is 7. The van der Waals surface area contributed by atoms with Crippen molar-refractivity contribution in [2.75, 3.05) is 6.61 Å². The summed E-state index contributed by atoms with van der Waals surface area (Å²) in [5, 5.41) is 16.9. The molecule has 0 bridgehead atoms. The number of aliphatic hydroxyl groups is 1. The maximum absolute atomic E-state index is 9.08. The van der Waals surface area contributed by atoms with Crippen LogP contribution in [-0.2, 0) is 6.54 Å². The first-order valence-electron chi connectivity index (χ1n) is 7.14. The normalized spacial score (nSPS) is 12.8. The molecule has 0 saturated carbocycles. The van der Waals surface area contributed by atoms with Gasteiger partial charge in [0.1, 0.15) is 0 Å². The van der Waals surface area contributed by atoms with Gasteiger partial charge in [0.15, 0.2) is 0 Å². The molecular weight excluding hydrogens is 250 g/mol. The first-order valence-corrected chi connectivity index (χ1v) is 7.14. The Morgan fingerprint density at radius 1 is 1.25 bits per heavy atom. The van der Waals surface area contributed by atoms with Crippen LogP contribution in [0.25, 0.3) is 5.69 Å². The van der Waals surface area contributed by atoms with E-state index in [2.05, 4.69) is 24.3 Å². The van der Waals surface area contributed by atoms with Crippen molar-refractivity contribution in [3.63, 3.8) is 0 Å². The Balaban J connectivity index is 1.96. The van der Waals surface area contributed by atoms with Crippen molar-refractivity contribution in [3.8, 4) is 5.69 Å². The second-order valence-electron chi connectivity index (χ2n) is 5.37. The second-order valence-corrected chi connectivity index (χ2v) is 5.37. The van der Waals surface area contributed by atoms with Crippen LogP contribution in [0, 0.1) is 5.92 Å². The molecule has 2 aromatic rings. The molecule has 0 aliphatic carbocycles. The lowest BCUT2D eigenvalue weighted by molar-refractivity contribution is 0.244. The van der Waals surface area contributed by atoms with Gasteiger partial charge in [-0.1, -0.05) is 32.0 Å². The highest BCUT2D eigenvalue weighted by Gasteiger charge is 2.12. The van der Waals surface area contributed by atoms with Crippen molar-refractivity contribution in [1.82, 2.24) is 15.1 Å². The average Bonchev–Trinajstić information content (AvgIpc) is 2.93. The molecule has 0 spiro atoms. The number of aliphatic hydroxyl groups excluding tert-OH is 1. The van der Waals surface area contributed by atoms with Crippen molar-refractivity contribution < 1.29 is 5.11 Å². The van der Waals surface area contributed by atoms with Crippen LogP contribution < -0.4 is 5.32 Å². The molecule has 0 amide bonds. The number of aromatic nitrogens is 2. The third-order valence-corrected chi connectivity index (χ3v) is 3.47. The van der Waals surface area contributed by atoms with Gasteiger partial charge in [0.25, 0.3) is 0 Å². The lowest BCUT2D eigenvalue weighted by atomic mass is 10.0. The summed E-state index contributed by atoms with van der Waals surface area (Å²) in [7, 11) is 0. The minimum atomic E-state index is 0.221. The van der Waals surface area contributed by atoms with Crippen LogP contribution in [0.15, 0.2) is 42.7 Å². The third-order valence-electron chi connectivity index (χ3n) is 3.47. The van der Waals surface area contributed by atoms with Gasteiger partial charge in [-0.3, -0.25) is 0 Å². The van der Waals surface area contributed by atoms with E-state index < -0.39 is 0 Å². The Bertz CT molecular complexity index is 507. The van der Waals surface area contributed by atoms with Crippen LogP contribution in [-0.4, -0.2) is 27.5 Å². The lowest BCUT2D eigenvalue weighted by Gasteiger charge is -2.21. The van der Waals surface area contributed by atoms with Crippen LogP contribution >= 0.6 is 0 Å². The minimum absolute atomic E-state index is 0.221. The van der Waals surface area contributed by atoms with Crippen LogP contribution in [0.2, 0.25) is 0 Å². The first-order chi connectivity index (χ1) is 9.70. The molecule has 0 saturated heterocycles. The number of nitrogens with one attached hydrogen (secondary N) is 1. The molecule has 20 heavy (non-hydrogen) atoms. The molecule has 2 rings (SSSR count). The molecule has 0 aliphatic heterocycles. The van der Waals surface area contributed by atoms with E-state index in [0.29, 0.717) is 12.0 Å². The lowest BCUT2D eigenvalue weighted by Crippen LogP contribution is -2.34. The van der Waals surface area contributed by atoms with Gasteiger partial charge < -0.3 is 10.4 Å². The molecule has 0 radical (unpaired) electrons. The summed E-state index contributed by atoms with van der Waals surface area (Å²) in [5.74, 6) is 0.506. The van der Waals surface area contributed by atoms with E-state index in [4.69, 9.17) is 5.11 Å². The molecule has 4 nitrogen and oxygen atoms in total. The van der Waals surface area contributed by atoms with Gasteiger partial charge in [0.2, 0.25) is 0 Å². The number of hydrogen-bond acceptors (Lipinski definition) is 3. The summed E-state index contributed by atoms with van der Waals surface area (Å²) in [5.41, 5.74) is 2.21. The van der Waals surface area contributed by atoms with Gasteiger partial charge in [-0.05, 0) is 24.5 Å². The molecule has 2 N–H and O–H groups in total. The molecule has 0 aliphatic rings. The van der Waals surface area contributed by atoms with E-state index in [1.807, 2.05) is 47.4 Å². The standard InChI is InChI=1S/C16H23N3O/c1-13(2)16(8-9-20)17-10-14-11-18-19(12-14)15-6-4-3-5-7-15/h3-7,11-13,16-17,20H,8-10H2,1-2H3. The zero-order valence-corrected chi connectivity index (χ0v) is 12.2. The topological polar surface area (TPSA) is 50.1 Å². The predicted molar refractivity (Wildman–Crippen MR) is 80.7 cm³/mol. The zero-order chi connectivity index (χ0) is 14.4. The van der Waals surface area contributed by atoms with Crippen LogP contribution in [0.4, 0.5) is 0 Å². The predicted octanol–water partition coefficient (Wildman–Crippen LogP) is 2.37. The fourth-order valence-corrected chi connectivity index (χ4v) is 2.23. The summed E-state index contributed by atoms with van der Waals surface area (Å²) in [6.07, 6.45) is 4.71. The van der Waals surface area contributed by atoms with E-state index in [9.17, 15) is 0 Å². The fourth-order valence-electron chi connectivity index (χ4n) is 2.23. The molecule has 0 fully saturated rings. The summed E-state index contributed by atoms with van der Waals surface area (Å²) >= 11 is 0. The van der Waals surface area contributed by atoms with Crippen LogP contribution in [0.5, 0.6) is 0 Å². The minimum Gasteiger partial charge on any atom is -0.396 e. The van der Waals surface area contributed by atoms with Gasteiger partial charge >= 0.3 is 0 Å². The molecule has 108 valence electrons. The summed E-state index contributed by atoms with van der Waals surface area (Å²) in [6.45, 7) is 5.33. The number of para-hydroxylation sites is 1. The Morgan fingerprint density at radius 3 is 2.65 bits per heavy atom. The first kappa shape index (κ1) is 14.8. The van der Waals surface area contributed by atoms with Crippen molar-refractivity contribution in [1.29, 1.82) is 0 Å². The second kappa shape index (κ2) is 7.22. The van der Waals surface area contributed by atoms with Crippen LogP contribution in [0.1, 0.15) is 25.8 Å². The number of hydrogen-bond donors (Lipinski definition) is 2. The number of benzene rings is 1. The molecular formula is C16H23N3O. The SMILES string of the molecule is CC(C)C(CCO)NCc1cnn(-c2ccccc2)c1. The number of nitrogens with zero attached hydrogens (tertiary/aromatic N) is 2. The average molecular weight is 273 g/mol. The van der Waals surface area contributed by atoms with E-state index in [-0.39, 0.29) is 6.61 Å². The smallest absolute Gasteiger partial charge is 0.0645 e. The quantitative estimate of drug-likeness (QED) is 0.814. The maximum Gasteiger partial charge on any atom is 0.0645 e. The van der Waals surface area contributed by atoms with E-state index in [1.165, 1.54) is 0 Å². The van der Waals surface area contributed by atoms with Crippen molar-refractivity contribution >= 4 is 0 Å². The highest BCUT2D eigenvalue weighted by Crippen LogP contribution is 2.10. The van der Waals surface area contributed by atoms with Gasteiger partial charge in [0.05, 0.1) is 11.9 Å². The summed E-state index contributed by atoms with van der Waals surface area (Å²) in [4.78, 5) is 0. The monoisotopic (exact) mass is 273 g/mol. The third kappa shape index (κ3) is 3.92. The summed E-state index contributed by atoms with van der Waals surface area (Å²) in [6, 6.07) is 10.4. The molecule has 4 heteroatoms. The molecule has 1 unspecified atom stereocenters. The van der Waals surface area contributed by atoms with Crippen molar-refractivity contribution in [2.45, 2.75) is 32.9 Å². The fraction of sp³-hybridized carbons (Fsp3) is 0.438. The van der Waals surface area contributed by atoms with Gasteiger partial charge in [-0.25, -0.2) is 4.68 Å². The molecule has 1 aromatic carbocycles. The molecule has 1 heterocycles. The highest BCUT2D eigenvalue weighted by atomic mass is 16.3. The van der Waals surface area contributed by atoms with Crippen molar-refractivity contribution in [2.24, 2.45) is 5.92 Å². The molecule has 1 aromatic heterocycles. The zero-order valence-electron chi connectivity index (χ0n) is 12.2. The van der Waals surface area contributed by atoms with Crippen LogP contribution in [0.3, 0.4) is 0 Å². The van der Waals surface area contributed by atoms with Gasteiger partial charge in [-0.2, -0.15) is 5.10 Å². The van der Waals surface area contributed by atoms with E-state index in [0.717, 1.165) is 24.2 Å². The summed E-state index contributed by atoms with van der Waals surface area (Å²) < 4.78 is 1.88. The largest absolute Gasteiger partial charge is 0.396 e.